The van der Waals surface area contributed by atoms with Gasteiger partial charge in [0.1, 0.15) is 24.7 Å². The van der Waals surface area contributed by atoms with E-state index in [1.54, 1.807) is 36.4 Å². The fourth-order valence-electron chi connectivity index (χ4n) is 2.66. The van der Waals surface area contributed by atoms with Crippen molar-refractivity contribution in [1.82, 2.24) is 4.31 Å². The molecule has 3 rings (SSSR count). The average molecular weight is 441 g/mol. The topological polar surface area (TPSA) is 84.9 Å². The van der Waals surface area contributed by atoms with E-state index in [-0.39, 0.29) is 10.8 Å². The summed E-state index contributed by atoms with van der Waals surface area (Å²) in [5.41, 5.74) is 0.957. The number of rotatable bonds is 9. The van der Waals surface area contributed by atoms with Gasteiger partial charge < -0.3 is 14.8 Å². The van der Waals surface area contributed by atoms with Crippen LogP contribution in [-0.4, -0.2) is 45.9 Å². The van der Waals surface area contributed by atoms with Gasteiger partial charge in [0.05, 0.1) is 4.90 Å². The molecule has 31 heavy (non-hydrogen) atoms. The number of amides is 1. The van der Waals surface area contributed by atoms with E-state index in [1.807, 2.05) is 30.3 Å². The summed E-state index contributed by atoms with van der Waals surface area (Å²) >= 11 is 0. The third-order valence-electron chi connectivity index (χ3n) is 4.37. The lowest BCUT2D eigenvalue weighted by molar-refractivity contribution is 0.102. The minimum absolute atomic E-state index is 0.160. The number of benzene rings is 3. The summed E-state index contributed by atoms with van der Waals surface area (Å²) in [4.78, 5) is 12.6. The lowest BCUT2D eigenvalue weighted by atomic mass is 10.2. The SMILES string of the molecule is CN(C)S(=O)(=O)c1ccc(NC(=O)c2ccc(OCCOc3ccccc3)cc2)cc1. The number of nitrogens with one attached hydrogen (secondary N) is 1. The highest BCUT2D eigenvalue weighted by Crippen LogP contribution is 2.18. The van der Waals surface area contributed by atoms with Crippen LogP contribution in [0.3, 0.4) is 0 Å². The summed E-state index contributed by atoms with van der Waals surface area (Å²) in [7, 11) is -0.573. The number of nitrogens with zero attached hydrogens (tertiary/aromatic N) is 1. The molecule has 0 saturated carbocycles. The summed E-state index contributed by atoms with van der Waals surface area (Å²) < 4.78 is 36.5. The summed E-state index contributed by atoms with van der Waals surface area (Å²) in [5, 5.41) is 2.75. The van der Waals surface area contributed by atoms with Gasteiger partial charge >= 0.3 is 0 Å². The van der Waals surface area contributed by atoms with Gasteiger partial charge in [-0.25, -0.2) is 12.7 Å². The summed E-state index contributed by atoms with van der Waals surface area (Å²) in [6, 6.07) is 22.3. The van der Waals surface area contributed by atoms with Crippen LogP contribution < -0.4 is 14.8 Å². The van der Waals surface area contributed by atoms with Crippen LogP contribution in [-0.2, 0) is 10.0 Å². The molecule has 0 unspecified atom stereocenters. The first-order chi connectivity index (χ1) is 14.9. The second-order valence-corrected chi connectivity index (χ2v) is 8.95. The minimum Gasteiger partial charge on any atom is -0.490 e. The van der Waals surface area contributed by atoms with Gasteiger partial charge in [0.15, 0.2) is 0 Å². The van der Waals surface area contributed by atoms with Crippen LogP contribution in [0.2, 0.25) is 0 Å². The van der Waals surface area contributed by atoms with Crippen LogP contribution in [0.15, 0.2) is 83.8 Å². The predicted octanol–water partition coefficient (Wildman–Crippen LogP) is 3.65. The maximum Gasteiger partial charge on any atom is 0.255 e. The molecule has 1 amide bonds. The van der Waals surface area contributed by atoms with Crippen molar-refractivity contribution in [2.75, 3.05) is 32.6 Å². The number of carbonyl (C=O) groups is 1. The maximum atomic E-state index is 12.4. The van der Waals surface area contributed by atoms with E-state index < -0.39 is 10.0 Å². The molecule has 0 radical (unpaired) electrons. The van der Waals surface area contributed by atoms with Crippen LogP contribution in [0.1, 0.15) is 10.4 Å². The molecule has 0 fully saturated rings. The zero-order valence-electron chi connectivity index (χ0n) is 17.3. The normalized spacial score (nSPS) is 11.2. The Balaban J connectivity index is 1.51. The van der Waals surface area contributed by atoms with Crippen molar-refractivity contribution in [3.05, 3.63) is 84.4 Å². The standard InChI is InChI=1S/C23H24N2O5S/c1-25(2)31(27,28)22-14-10-19(11-15-22)24-23(26)18-8-12-21(13-9-18)30-17-16-29-20-6-4-3-5-7-20/h3-15H,16-17H2,1-2H3,(H,24,26). The second kappa shape index (κ2) is 10.1. The molecule has 0 spiro atoms. The fraction of sp³-hybridized carbons (Fsp3) is 0.174. The van der Waals surface area contributed by atoms with Crippen molar-refractivity contribution in [3.63, 3.8) is 0 Å². The van der Waals surface area contributed by atoms with E-state index in [1.165, 1.54) is 26.2 Å². The number of hydrogen-bond acceptors (Lipinski definition) is 5. The van der Waals surface area contributed by atoms with Gasteiger partial charge in [-0.1, -0.05) is 18.2 Å². The number of sulfonamides is 1. The molecule has 162 valence electrons. The molecule has 0 aliphatic rings. The third kappa shape index (κ3) is 6.07. The van der Waals surface area contributed by atoms with E-state index in [2.05, 4.69) is 5.32 Å². The van der Waals surface area contributed by atoms with Gasteiger partial charge in [-0.2, -0.15) is 0 Å². The molecule has 1 N–H and O–H groups in total. The number of hydrogen-bond donors (Lipinski definition) is 1. The van der Waals surface area contributed by atoms with Crippen molar-refractivity contribution in [2.45, 2.75) is 4.90 Å². The molecular formula is C23H24N2O5S. The monoisotopic (exact) mass is 440 g/mol. The molecule has 7 nitrogen and oxygen atoms in total. The molecule has 8 heteroatoms. The highest BCUT2D eigenvalue weighted by molar-refractivity contribution is 7.89. The van der Waals surface area contributed by atoms with Crippen LogP contribution in [0.5, 0.6) is 11.5 Å². The van der Waals surface area contributed by atoms with E-state index >= 15 is 0 Å². The molecule has 0 atom stereocenters. The van der Waals surface area contributed by atoms with E-state index in [4.69, 9.17) is 9.47 Å². The third-order valence-corrected chi connectivity index (χ3v) is 6.20. The Bertz CT molecular complexity index is 1100. The first-order valence-electron chi connectivity index (χ1n) is 9.61. The van der Waals surface area contributed by atoms with Crippen LogP contribution >= 0.6 is 0 Å². The number of anilines is 1. The lowest BCUT2D eigenvalue weighted by Crippen LogP contribution is -2.22. The molecule has 0 bridgehead atoms. The Morgan fingerprint density at radius 1 is 0.806 bits per heavy atom. The molecule has 0 aliphatic heterocycles. The van der Waals surface area contributed by atoms with Crippen LogP contribution in [0.25, 0.3) is 0 Å². The maximum absolute atomic E-state index is 12.4. The van der Waals surface area contributed by atoms with Crippen molar-refractivity contribution in [1.29, 1.82) is 0 Å². The first kappa shape index (κ1) is 22.3. The van der Waals surface area contributed by atoms with Crippen LogP contribution in [0.4, 0.5) is 5.69 Å². The molecule has 0 aliphatic carbocycles. The quantitative estimate of drug-likeness (QED) is 0.514. The summed E-state index contributed by atoms with van der Waals surface area (Å²) in [5.74, 6) is 1.11. The molecule has 0 saturated heterocycles. The van der Waals surface area contributed by atoms with Crippen molar-refractivity contribution in [3.8, 4) is 11.5 Å². The Labute approximate surface area is 182 Å². The Morgan fingerprint density at radius 3 is 1.90 bits per heavy atom. The Morgan fingerprint density at radius 2 is 1.35 bits per heavy atom. The van der Waals surface area contributed by atoms with Crippen molar-refractivity contribution in [2.24, 2.45) is 0 Å². The average Bonchev–Trinajstić information content (AvgIpc) is 2.78. The Kier molecular flexibility index (Phi) is 7.28. The summed E-state index contributed by atoms with van der Waals surface area (Å²) in [6.45, 7) is 0.786. The van der Waals surface area contributed by atoms with E-state index in [0.29, 0.717) is 30.2 Å². The van der Waals surface area contributed by atoms with E-state index in [0.717, 1.165) is 10.1 Å². The smallest absolute Gasteiger partial charge is 0.255 e. The highest BCUT2D eigenvalue weighted by Gasteiger charge is 2.17. The molecule has 0 aromatic heterocycles. The van der Waals surface area contributed by atoms with Gasteiger partial charge in [0.2, 0.25) is 10.0 Å². The number of carbonyl (C=O) groups excluding carboxylic acids is 1. The van der Waals surface area contributed by atoms with Crippen molar-refractivity contribution >= 4 is 21.6 Å². The van der Waals surface area contributed by atoms with Gasteiger partial charge in [0.25, 0.3) is 5.91 Å². The predicted molar refractivity (Wildman–Crippen MR) is 119 cm³/mol. The molecule has 3 aromatic carbocycles. The minimum atomic E-state index is -3.51. The van der Waals surface area contributed by atoms with E-state index in [9.17, 15) is 13.2 Å². The highest BCUT2D eigenvalue weighted by atomic mass is 32.2. The molecule has 3 aromatic rings. The molecule has 0 heterocycles. The zero-order chi connectivity index (χ0) is 22.3. The zero-order valence-corrected chi connectivity index (χ0v) is 18.1. The lowest BCUT2D eigenvalue weighted by Gasteiger charge is -2.12. The number of ether oxygens (including phenoxy) is 2. The largest absolute Gasteiger partial charge is 0.490 e. The number of para-hydroxylation sites is 1. The van der Waals surface area contributed by atoms with Gasteiger partial charge in [-0.3, -0.25) is 4.79 Å². The van der Waals surface area contributed by atoms with Crippen molar-refractivity contribution < 1.29 is 22.7 Å². The van der Waals surface area contributed by atoms with Gasteiger partial charge in [-0.15, -0.1) is 0 Å². The Hall–Kier alpha value is -3.36. The molecular weight excluding hydrogens is 416 g/mol. The fourth-order valence-corrected chi connectivity index (χ4v) is 3.56. The van der Waals surface area contributed by atoms with Crippen LogP contribution in [0, 0.1) is 0 Å². The second-order valence-electron chi connectivity index (χ2n) is 6.80. The van der Waals surface area contributed by atoms with Gasteiger partial charge in [-0.05, 0) is 60.7 Å². The first-order valence-corrected chi connectivity index (χ1v) is 11.0. The van der Waals surface area contributed by atoms with Gasteiger partial charge in [0, 0.05) is 25.3 Å². The summed E-state index contributed by atoms with van der Waals surface area (Å²) in [6.07, 6.45) is 0.